The van der Waals surface area contributed by atoms with Gasteiger partial charge in [0.1, 0.15) is 0 Å². The average Bonchev–Trinajstić information content (AvgIpc) is 2.31. The molecule has 112 valence electrons. The highest BCUT2D eigenvalue weighted by Crippen LogP contribution is 2.52. The van der Waals surface area contributed by atoms with Crippen LogP contribution in [-0.2, 0) is 4.74 Å². The summed E-state index contributed by atoms with van der Waals surface area (Å²) >= 11 is 0. The number of ether oxygens (including phenoxy) is 1. The second kappa shape index (κ2) is 6.61. The van der Waals surface area contributed by atoms with Crippen LogP contribution in [0.3, 0.4) is 0 Å². The van der Waals surface area contributed by atoms with Crippen molar-refractivity contribution in [2.24, 2.45) is 10.8 Å². The van der Waals surface area contributed by atoms with Crippen molar-refractivity contribution in [3.05, 3.63) is 0 Å². The SMILES string of the molecule is CC1(C)CCCCCCC1(C)C1CCCCCCO1. The van der Waals surface area contributed by atoms with Crippen LogP contribution in [0.2, 0.25) is 0 Å². The van der Waals surface area contributed by atoms with E-state index in [-0.39, 0.29) is 0 Å². The van der Waals surface area contributed by atoms with Crippen LogP contribution < -0.4 is 0 Å². The number of hydrogen-bond donors (Lipinski definition) is 0. The minimum atomic E-state index is 0.380. The van der Waals surface area contributed by atoms with Crippen molar-refractivity contribution in [2.75, 3.05) is 6.61 Å². The van der Waals surface area contributed by atoms with Gasteiger partial charge in [0.2, 0.25) is 0 Å². The van der Waals surface area contributed by atoms with Crippen LogP contribution in [-0.4, -0.2) is 12.7 Å². The largest absolute Gasteiger partial charge is 0.378 e. The van der Waals surface area contributed by atoms with Gasteiger partial charge in [-0.3, -0.25) is 0 Å². The highest BCUT2D eigenvalue weighted by atomic mass is 16.5. The van der Waals surface area contributed by atoms with Crippen LogP contribution in [0.1, 0.15) is 91.4 Å². The van der Waals surface area contributed by atoms with Crippen molar-refractivity contribution < 1.29 is 4.74 Å². The first kappa shape index (κ1) is 15.4. The standard InChI is InChI=1S/C18H34O/c1-17(2)13-9-5-6-10-14-18(17,3)16-12-8-4-7-11-15-19-16/h16H,4-15H2,1-3H3. The maximum Gasteiger partial charge on any atom is 0.0633 e. The second-order valence-corrected chi connectivity index (χ2v) is 7.78. The monoisotopic (exact) mass is 266 g/mol. The molecule has 1 saturated carbocycles. The molecule has 0 amide bonds. The molecule has 0 aromatic carbocycles. The first-order chi connectivity index (χ1) is 9.06. The van der Waals surface area contributed by atoms with Crippen molar-refractivity contribution in [1.82, 2.24) is 0 Å². The van der Waals surface area contributed by atoms with Crippen molar-refractivity contribution >= 4 is 0 Å². The molecule has 2 rings (SSSR count). The fraction of sp³-hybridized carbons (Fsp3) is 1.00. The highest BCUT2D eigenvalue weighted by Gasteiger charge is 2.46. The summed E-state index contributed by atoms with van der Waals surface area (Å²) in [5, 5.41) is 0. The Balaban J connectivity index is 2.13. The lowest BCUT2D eigenvalue weighted by Gasteiger charge is -2.51. The zero-order valence-corrected chi connectivity index (χ0v) is 13.5. The third-order valence-electron chi connectivity index (χ3n) is 6.18. The summed E-state index contributed by atoms with van der Waals surface area (Å²) in [6, 6.07) is 0. The van der Waals surface area contributed by atoms with E-state index in [4.69, 9.17) is 4.74 Å². The second-order valence-electron chi connectivity index (χ2n) is 7.78. The summed E-state index contributed by atoms with van der Waals surface area (Å²) in [7, 11) is 0. The van der Waals surface area contributed by atoms with Crippen LogP contribution in [0.4, 0.5) is 0 Å². The third kappa shape index (κ3) is 3.54. The van der Waals surface area contributed by atoms with Crippen LogP contribution >= 0.6 is 0 Å². The molecular formula is C18H34O. The van der Waals surface area contributed by atoms with E-state index in [2.05, 4.69) is 20.8 Å². The van der Waals surface area contributed by atoms with Gasteiger partial charge in [0.15, 0.2) is 0 Å². The average molecular weight is 266 g/mol. The van der Waals surface area contributed by atoms with Crippen molar-refractivity contribution in [1.29, 1.82) is 0 Å². The van der Waals surface area contributed by atoms with Gasteiger partial charge in [0, 0.05) is 6.61 Å². The van der Waals surface area contributed by atoms with Gasteiger partial charge in [-0.15, -0.1) is 0 Å². The van der Waals surface area contributed by atoms with Gasteiger partial charge in [-0.25, -0.2) is 0 Å². The molecule has 0 aromatic rings. The van der Waals surface area contributed by atoms with Crippen LogP contribution in [0.15, 0.2) is 0 Å². The first-order valence-corrected chi connectivity index (χ1v) is 8.68. The summed E-state index contributed by atoms with van der Waals surface area (Å²) in [5.41, 5.74) is 0.808. The molecular weight excluding hydrogens is 232 g/mol. The maximum atomic E-state index is 6.36. The molecule has 19 heavy (non-hydrogen) atoms. The molecule has 0 spiro atoms. The van der Waals surface area contributed by atoms with Gasteiger partial charge in [-0.2, -0.15) is 0 Å². The van der Waals surface area contributed by atoms with E-state index in [0.717, 1.165) is 6.61 Å². The fourth-order valence-corrected chi connectivity index (χ4v) is 4.23. The smallest absolute Gasteiger partial charge is 0.0633 e. The molecule has 0 aromatic heterocycles. The normalized spacial score (nSPS) is 37.7. The summed E-state index contributed by atoms with van der Waals surface area (Å²) in [6.07, 6.45) is 15.6. The van der Waals surface area contributed by atoms with E-state index < -0.39 is 0 Å². The molecule has 1 saturated heterocycles. The Labute approximate surface area is 120 Å². The number of hydrogen-bond acceptors (Lipinski definition) is 1. The van der Waals surface area contributed by atoms with Crippen molar-refractivity contribution in [2.45, 2.75) is 97.5 Å². The van der Waals surface area contributed by atoms with E-state index in [1.54, 1.807) is 0 Å². The zero-order valence-electron chi connectivity index (χ0n) is 13.5. The van der Waals surface area contributed by atoms with E-state index in [1.807, 2.05) is 0 Å². The maximum absolute atomic E-state index is 6.36. The molecule has 2 fully saturated rings. The minimum absolute atomic E-state index is 0.380. The molecule has 2 unspecified atom stereocenters. The lowest BCUT2D eigenvalue weighted by atomic mass is 9.57. The fourth-order valence-electron chi connectivity index (χ4n) is 4.23. The molecule has 1 heterocycles. The topological polar surface area (TPSA) is 9.23 Å². The Morgan fingerprint density at radius 1 is 0.737 bits per heavy atom. The Kier molecular flexibility index (Phi) is 5.34. The Morgan fingerprint density at radius 3 is 2.16 bits per heavy atom. The van der Waals surface area contributed by atoms with E-state index in [1.165, 1.54) is 70.6 Å². The molecule has 1 aliphatic heterocycles. The molecule has 0 bridgehead atoms. The van der Waals surface area contributed by atoms with Gasteiger partial charge in [0.25, 0.3) is 0 Å². The highest BCUT2D eigenvalue weighted by molar-refractivity contribution is 4.96. The predicted octanol–water partition coefficient (Wildman–Crippen LogP) is 5.72. The van der Waals surface area contributed by atoms with Crippen molar-refractivity contribution in [3.8, 4) is 0 Å². The zero-order chi connectivity index (χ0) is 13.8. The van der Waals surface area contributed by atoms with Gasteiger partial charge in [0.05, 0.1) is 6.10 Å². The molecule has 0 N–H and O–H groups in total. The van der Waals surface area contributed by atoms with Crippen LogP contribution in [0.5, 0.6) is 0 Å². The van der Waals surface area contributed by atoms with E-state index in [9.17, 15) is 0 Å². The van der Waals surface area contributed by atoms with Crippen molar-refractivity contribution in [3.63, 3.8) is 0 Å². The lowest BCUT2D eigenvalue weighted by molar-refractivity contribution is -0.111. The minimum Gasteiger partial charge on any atom is -0.378 e. The third-order valence-corrected chi connectivity index (χ3v) is 6.18. The molecule has 1 nitrogen and oxygen atoms in total. The molecule has 2 aliphatic rings. The predicted molar refractivity (Wildman–Crippen MR) is 82.4 cm³/mol. The summed E-state index contributed by atoms with van der Waals surface area (Å²) in [4.78, 5) is 0. The Hall–Kier alpha value is -0.0400. The summed E-state index contributed by atoms with van der Waals surface area (Å²) in [6.45, 7) is 8.53. The molecule has 0 radical (unpaired) electrons. The number of rotatable bonds is 1. The van der Waals surface area contributed by atoms with E-state index >= 15 is 0 Å². The first-order valence-electron chi connectivity index (χ1n) is 8.68. The lowest BCUT2D eigenvalue weighted by Crippen LogP contribution is -2.47. The van der Waals surface area contributed by atoms with Gasteiger partial charge >= 0.3 is 0 Å². The van der Waals surface area contributed by atoms with Gasteiger partial charge in [-0.05, 0) is 36.5 Å². The Bertz CT molecular complexity index is 263. The van der Waals surface area contributed by atoms with Gasteiger partial charge < -0.3 is 4.74 Å². The molecule has 2 atom stereocenters. The quantitative estimate of drug-likeness (QED) is 0.589. The van der Waals surface area contributed by atoms with Crippen LogP contribution in [0, 0.1) is 10.8 Å². The van der Waals surface area contributed by atoms with Gasteiger partial charge in [-0.1, -0.05) is 65.7 Å². The van der Waals surface area contributed by atoms with Crippen LogP contribution in [0.25, 0.3) is 0 Å². The summed E-state index contributed by atoms with van der Waals surface area (Å²) in [5.74, 6) is 0. The molecule has 1 aliphatic carbocycles. The van der Waals surface area contributed by atoms with E-state index in [0.29, 0.717) is 16.9 Å². The Morgan fingerprint density at radius 2 is 1.37 bits per heavy atom. The summed E-state index contributed by atoms with van der Waals surface area (Å²) < 4.78 is 6.36. The molecule has 1 heteroatoms.